The van der Waals surface area contributed by atoms with E-state index in [0.717, 1.165) is 11.6 Å². The number of benzene rings is 1. The second-order valence-corrected chi connectivity index (χ2v) is 6.24. The zero-order chi connectivity index (χ0) is 18.7. The van der Waals surface area contributed by atoms with Gasteiger partial charge in [0.25, 0.3) is 11.7 Å². The summed E-state index contributed by atoms with van der Waals surface area (Å²) in [5.74, 6) is -1.65. The summed E-state index contributed by atoms with van der Waals surface area (Å²) in [7, 11) is 0. The lowest BCUT2D eigenvalue weighted by atomic mass is 10.2. The van der Waals surface area contributed by atoms with Crippen LogP contribution in [-0.4, -0.2) is 33.0 Å². The molecule has 0 spiro atoms. The largest absolute Gasteiger partial charge is 0.455 e. The molecule has 134 valence electrons. The van der Waals surface area contributed by atoms with Gasteiger partial charge in [0, 0.05) is 5.56 Å². The van der Waals surface area contributed by atoms with Gasteiger partial charge in [0.1, 0.15) is 5.82 Å². The predicted octanol–water partition coefficient (Wildman–Crippen LogP) is 3.21. The van der Waals surface area contributed by atoms with Gasteiger partial charge in [-0.2, -0.15) is 13.2 Å². The molecule has 0 bridgehead atoms. The Labute approximate surface area is 149 Å². The number of thiophene rings is 1. The van der Waals surface area contributed by atoms with Crippen LogP contribution in [0.3, 0.4) is 0 Å². The highest BCUT2D eigenvalue weighted by Crippen LogP contribution is 2.26. The summed E-state index contributed by atoms with van der Waals surface area (Å²) in [4.78, 5) is 25.6. The highest BCUT2D eigenvalue weighted by atomic mass is 32.1. The van der Waals surface area contributed by atoms with Crippen LogP contribution in [0.1, 0.15) is 25.2 Å². The van der Waals surface area contributed by atoms with E-state index in [-0.39, 0.29) is 11.4 Å². The summed E-state index contributed by atoms with van der Waals surface area (Å²) in [6.45, 7) is 0.0130. The Morgan fingerprint density at radius 1 is 1.04 bits per heavy atom. The number of carbonyl (C=O) groups excluding carboxylic acids is 2. The van der Waals surface area contributed by atoms with Crippen molar-refractivity contribution in [2.75, 3.05) is 0 Å². The minimum Gasteiger partial charge on any atom is -0.344 e. The van der Waals surface area contributed by atoms with E-state index < -0.39 is 22.7 Å². The first-order valence-corrected chi connectivity index (χ1v) is 8.13. The first-order valence-electron chi connectivity index (χ1n) is 7.31. The first-order chi connectivity index (χ1) is 12.3. The van der Waals surface area contributed by atoms with Crippen LogP contribution >= 0.6 is 11.3 Å². The molecule has 3 aromatic rings. The number of ketones is 1. The number of Topliss-reactive ketones (excluding diaryl/α,β-unsaturated/α-hetero) is 1. The van der Waals surface area contributed by atoms with E-state index in [9.17, 15) is 22.8 Å². The summed E-state index contributed by atoms with van der Waals surface area (Å²) in [5.41, 5.74) is 0.825. The molecular formula is C16H11F3N4O2S. The minimum atomic E-state index is -4.97. The van der Waals surface area contributed by atoms with Crippen molar-refractivity contribution in [3.63, 3.8) is 0 Å². The van der Waals surface area contributed by atoms with Crippen LogP contribution in [0, 0.1) is 0 Å². The number of H-pyrrole nitrogens is 1. The van der Waals surface area contributed by atoms with Crippen molar-refractivity contribution in [3.05, 3.63) is 58.0 Å². The van der Waals surface area contributed by atoms with Gasteiger partial charge in [-0.25, -0.2) is 0 Å². The van der Waals surface area contributed by atoms with E-state index in [2.05, 4.69) is 20.5 Å². The predicted molar refractivity (Wildman–Crippen MR) is 87.7 cm³/mol. The van der Waals surface area contributed by atoms with Gasteiger partial charge in [0.05, 0.1) is 16.3 Å². The van der Waals surface area contributed by atoms with Crippen LogP contribution in [0.5, 0.6) is 0 Å². The topological polar surface area (TPSA) is 87.7 Å². The fourth-order valence-electron chi connectivity index (χ4n) is 2.08. The van der Waals surface area contributed by atoms with Gasteiger partial charge in [-0.15, -0.1) is 21.5 Å². The maximum atomic E-state index is 12.4. The maximum Gasteiger partial charge on any atom is 0.455 e. The number of hydrogen-bond donors (Lipinski definition) is 2. The van der Waals surface area contributed by atoms with E-state index in [0.29, 0.717) is 23.0 Å². The Bertz CT molecular complexity index is 934. The normalized spacial score (nSPS) is 11.3. The van der Waals surface area contributed by atoms with Crippen LogP contribution in [0.25, 0.3) is 11.4 Å². The van der Waals surface area contributed by atoms with Gasteiger partial charge in [0.2, 0.25) is 0 Å². The molecule has 3 rings (SSSR count). The lowest BCUT2D eigenvalue weighted by Crippen LogP contribution is -2.23. The van der Waals surface area contributed by atoms with Gasteiger partial charge in [-0.1, -0.05) is 30.3 Å². The number of amides is 1. The van der Waals surface area contributed by atoms with E-state index in [1.807, 2.05) is 30.3 Å². The number of rotatable bonds is 5. The number of aromatic nitrogens is 3. The second-order valence-electron chi connectivity index (χ2n) is 5.16. The molecule has 0 atom stereocenters. The van der Waals surface area contributed by atoms with Gasteiger partial charge >= 0.3 is 6.18 Å². The molecule has 0 aliphatic rings. The van der Waals surface area contributed by atoms with Crippen LogP contribution < -0.4 is 5.32 Å². The molecule has 26 heavy (non-hydrogen) atoms. The van der Waals surface area contributed by atoms with E-state index >= 15 is 0 Å². The molecule has 0 aliphatic heterocycles. The lowest BCUT2D eigenvalue weighted by molar-refractivity contribution is -0.0882. The third-order valence-electron chi connectivity index (χ3n) is 3.31. The number of aromatic amines is 1. The van der Waals surface area contributed by atoms with Crippen LogP contribution in [0.4, 0.5) is 13.2 Å². The van der Waals surface area contributed by atoms with Crippen molar-refractivity contribution in [3.8, 4) is 11.4 Å². The van der Waals surface area contributed by atoms with Crippen LogP contribution in [-0.2, 0) is 6.54 Å². The van der Waals surface area contributed by atoms with Crippen molar-refractivity contribution in [2.45, 2.75) is 12.7 Å². The molecule has 2 aromatic heterocycles. The van der Waals surface area contributed by atoms with Crippen molar-refractivity contribution >= 4 is 23.0 Å². The average Bonchev–Trinajstić information content (AvgIpc) is 3.28. The summed E-state index contributed by atoms with van der Waals surface area (Å²) >= 11 is 0.485. The zero-order valence-corrected chi connectivity index (χ0v) is 13.8. The molecule has 1 amide bonds. The summed E-state index contributed by atoms with van der Waals surface area (Å²) < 4.78 is 37.2. The fraction of sp³-hybridized carbons (Fsp3) is 0.125. The fourth-order valence-corrected chi connectivity index (χ4v) is 2.96. The molecule has 0 unspecified atom stereocenters. The van der Waals surface area contributed by atoms with Crippen molar-refractivity contribution < 1.29 is 22.8 Å². The number of carbonyl (C=O) groups is 2. The number of halogens is 3. The second kappa shape index (κ2) is 7.08. The number of nitrogens with zero attached hydrogens (tertiary/aromatic N) is 2. The van der Waals surface area contributed by atoms with Crippen molar-refractivity contribution in [2.24, 2.45) is 0 Å². The zero-order valence-electron chi connectivity index (χ0n) is 13.0. The Kier molecular flexibility index (Phi) is 4.85. The molecule has 0 aliphatic carbocycles. The maximum absolute atomic E-state index is 12.4. The van der Waals surface area contributed by atoms with E-state index in [1.165, 1.54) is 6.07 Å². The quantitative estimate of drug-likeness (QED) is 0.666. The Balaban J connectivity index is 1.62. The molecule has 0 fully saturated rings. The Morgan fingerprint density at radius 3 is 2.42 bits per heavy atom. The van der Waals surface area contributed by atoms with Crippen LogP contribution in [0.2, 0.25) is 0 Å². The SMILES string of the molecule is O=C(NCc1nnc(-c2ccccc2)[nH]1)c1ccc(C(=O)C(F)(F)F)s1. The highest BCUT2D eigenvalue weighted by Gasteiger charge is 2.40. The molecule has 2 N–H and O–H groups in total. The molecule has 0 saturated heterocycles. The standard InChI is InChI=1S/C16H11F3N4O2S/c17-16(18,19)13(24)10-6-7-11(26-10)15(25)20-8-12-21-14(23-22-12)9-4-2-1-3-5-9/h1-7H,8H2,(H,20,25)(H,21,22,23). The molecule has 0 radical (unpaired) electrons. The molecule has 2 heterocycles. The lowest BCUT2D eigenvalue weighted by Gasteiger charge is -2.02. The number of alkyl halides is 3. The average molecular weight is 380 g/mol. The van der Waals surface area contributed by atoms with Crippen LogP contribution in [0.15, 0.2) is 42.5 Å². The number of hydrogen-bond acceptors (Lipinski definition) is 5. The Hall–Kier alpha value is -3.01. The smallest absolute Gasteiger partial charge is 0.344 e. The molecule has 10 heteroatoms. The number of nitrogens with one attached hydrogen (secondary N) is 2. The monoisotopic (exact) mass is 380 g/mol. The molecular weight excluding hydrogens is 369 g/mol. The summed E-state index contributed by atoms with van der Waals surface area (Å²) in [6, 6.07) is 11.4. The van der Waals surface area contributed by atoms with Crippen molar-refractivity contribution in [1.82, 2.24) is 20.5 Å². The third-order valence-corrected chi connectivity index (χ3v) is 4.39. The van der Waals surface area contributed by atoms with Gasteiger partial charge in [-0.3, -0.25) is 9.59 Å². The first kappa shape index (κ1) is 17.8. The van der Waals surface area contributed by atoms with Gasteiger partial charge < -0.3 is 10.3 Å². The van der Waals surface area contributed by atoms with Crippen molar-refractivity contribution in [1.29, 1.82) is 0 Å². The molecule has 0 saturated carbocycles. The van der Waals surface area contributed by atoms with E-state index in [4.69, 9.17) is 0 Å². The minimum absolute atomic E-state index is 0.000369. The van der Waals surface area contributed by atoms with E-state index in [1.54, 1.807) is 0 Å². The summed E-state index contributed by atoms with van der Waals surface area (Å²) in [5, 5.41) is 10.4. The highest BCUT2D eigenvalue weighted by molar-refractivity contribution is 7.16. The third kappa shape index (κ3) is 3.97. The molecule has 6 nitrogen and oxygen atoms in total. The van der Waals surface area contributed by atoms with Gasteiger partial charge in [-0.05, 0) is 12.1 Å². The summed E-state index contributed by atoms with van der Waals surface area (Å²) in [6.07, 6.45) is -4.97. The van der Waals surface area contributed by atoms with Gasteiger partial charge in [0.15, 0.2) is 5.82 Å². The Morgan fingerprint density at radius 2 is 1.73 bits per heavy atom. The molecule has 1 aromatic carbocycles.